The van der Waals surface area contributed by atoms with Crippen LogP contribution in [-0.2, 0) is 13.7 Å². The Balaban J connectivity index is 1.39. The lowest BCUT2D eigenvalue weighted by Gasteiger charge is -2.17. The van der Waals surface area contributed by atoms with Gasteiger partial charge in [0.2, 0.25) is 0 Å². The summed E-state index contributed by atoms with van der Waals surface area (Å²) in [5.74, 6) is 0.413. The second kappa shape index (κ2) is 11.8. The minimum absolute atomic E-state index is 0.201. The number of hydrogen-bond donors (Lipinski definition) is 2. The molecule has 0 fully saturated rings. The van der Waals surface area contributed by atoms with Crippen LogP contribution in [0.25, 0.3) is 33.2 Å². The van der Waals surface area contributed by atoms with Crippen LogP contribution in [0.4, 0.5) is 15.9 Å². The summed E-state index contributed by atoms with van der Waals surface area (Å²) in [6, 6.07) is 17.0. The first kappa shape index (κ1) is 28.8. The number of aliphatic hydroxyl groups excluding tert-OH is 1. The number of benzene rings is 2. The van der Waals surface area contributed by atoms with E-state index in [9.17, 15) is 14.7 Å². The molecule has 0 aliphatic heterocycles. The number of para-hydroxylation sites is 1. The van der Waals surface area contributed by atoms with Gasteiger partial charge in [-0.3, -0.25) is 14.2 Å². The van der Waals surface area contributed by atoms with Gasteiger partial charge >= 0.3 is 0 Å². The molecule has 2 N–H and O–H groups in total. The lowest BCUT2D eigenvalue weighted by atomic mass is 9.98. The summed E-state index contributed by atoms with van der Waals surface area (Å²) in [7, 11) is 5.50. The van der Waals surface area contributed by atoms with E-state index in [1.54, 1.807) is 60.5 Å². The zero-order chi connectivity index (χ0) is 31.0. The number of nitrogens with one attached hydrogen (secondary N) is 1. The van der Waals surface area contributed by atoms with E-state index in [2.05, 4.69) is 10.3 Å². The Morgan fingerprint density at radius 2 is 1.82 bits per heavy atom. The number of aliphatic hydroxyl groups is 1. The van der Waals surface area contributed by atoms with Gasteiger partial charge in [-0.25, -0.2) is 9.37 Å². The summed E-state index contributed by atoms with van der Waals surface area (Å²) in [4.78, 5) is 33.1. The predicted octanol–water partition coefficient (Wildman–Crippen LogP) is 4.32. The van der Waals surface area contributed by atoms with Crippen molar-refractivity contribution in [1.82, 2.24) is 23.4 Å². The minimum Gasteiger partial charge on any atom is -0.491 e. The minimum atomic E-state index is -0.602. The van der Waals surface area contributed by atoms with Gasteiger partial charge in [0, 0.05) is 48.7 Å². The van der Waals surface area contributed by atoms with E-state index in [4.69, 9.17) is 4.74 Å². The van der Waals surface area contributed by atoms with Gasteiger partial charge in [-0.15, -0.1) is 0 Å². The van der Waals surface area contributed by atoms with Crippen molar-refractivity contribution in [3.63, 3.8) is 0 Å². The normalized spacial score (nSPS) is 11.5. The Labute approximate surface area is 251 Å². The number of rotatable bonds is 9. The molecule has 0 radical (unpaired) electrons. The maximum Gasteiger partial charge on any atom is 0.279 e. The summed E-state index contributed by atoms with van der Waals surface area (Å²) in [6.07, 6.45) is 6.43. The smallest absolute Gasteiger partial charge is 0.279 e. The Morgan fingerprint density at radius 1 is 1.00 bits per heavy atom. The highest BCUT2D eigenvalue weighted by Gasteiger charge is 2.18. The molecule has 2 aromatic carbocycles. The zero-order valence-electron chi connectivity index (χ0n) is 24.5. The second-order valence-electron chi connectivity index (χ2n) is 10.8. The first-order valence-corrected chi connectivity index (χ1v) is 14.0. The molecule has 0 aliphatic rings. The lowest BCUT2D eigenvalue weighted by molar-refractivity contribution is 0.260. The van der Waals surface area contributed by atoms with Crippen LogP contribution >= 0.6 is 0 Å². The number of anilines is 2. The summed E-state index contributed by atoms with van der Waals surface area (Å²) < 4.78 is 25.4. The Kier molecular flexibility index (Phi) is 7.73. The van der Waals surface area contributed by atoms with Gasteiger partial charge in [0.25, 0.3) is 11.1 Å². The summed E-state index contributed by atoms with van der Waals surface area (Å²) in [5.41, 5.74) is 2.14. The van der Waals surface area contributed by atoms with E-state index < -0.39 is 12.4 Å². The summed E-state index contributed by atoms with van der Waals surface area (Å²) >= 11 is 0. The number of fused-ring (bicyclic) bond motifs is 3. The van der Waals surface area contributed by atoms with Gasteiger partial charge in [0.15, 0.2) is 0 Å². The highest BCUT2D eigenvalue weighted by Crippen LogP contribution is 2.31. The molecule has 0 amide bonds. The average molecular weight is 595 g/mol. The molecule has 224 valence electrons. The number of hydrogen-bond acceptors (Lipinski definition) is 7. The van der Waals surface area contributed by atoms with Crippen LogP contribution in [0, 0.1) is 5.82 Å². The van der Waals surface area contributed by atoms with Crippen LogP contribution in [0.1, 0.15) is 5.56 Å². The number of nitrogens with zero attached hydrogens (tertiary/aromatic N) is 5. The SMILES string of the molecule is CN(C)CCOc1ccc(Nc2cc(-c3cc(F)cc(-n4ccn5c(cc6ccccc65)c4=O)c3CO)cn(C)c2=O)nc1. The Bertz CT molecular complexity index is 2110. The predicted molar refractivity (Wildman–Crippen MR) is 169 cm³/mol. The quantitative estimate of drug-likeness (QED) is 0.257. The Hall–Kier alpha value is -5.26. The van der Waals surface area contributed by atoms with Crippen LogP contribution in [0.2, 0.25) is 0 Å². The molecule has 0 saturated carbocycles. The van der Waals surface area contributed by atoms with Crippen molar-refractivity contribution in [1.29, 1.82) is 0 Å². The largest absolute Gasteiger partial charge is 0.491 e. The van der Waals surface area contributed by atoms with E-state index in [1.807, 2.05) is 43.3 Å². The van der Waals surface area contributed by atoms with Gasteiger partial charge in [-0.05, 0) is 62.1 Å². The first-order chi connectivity index (χ1) is 21.2. The number of aryl methyl sites for hydroxylation is 1. The van der Waals surface area contributed by atoms with Crippen molar-refractivity contribution >= 4 is 27.9 Å². The summed E-state index contributed by atoms with van der Waals surface area (Å²) in [6.45, 7) is 0.788. The number of ether oxygens (including phenoxy) is 1. The highest BCUT2D eigenvalue weighted by atomic mass is 19.1. The second-order valence-corrected chi connectivity index (χ2v) is 10.8. The van der Waals surface area contributed by atoms with E-state index in [-0.39, 0.29) is 22.5 Å². The molecule has 6 rings (SSSR count). The van der Waals surface area contributed by atoms with Crippen molar-refractivity contribution in [3.05, 3.63) is 118 Å². The molecule has 11 heteroatoms. The third-order valence-electron chi connectivity index (χ3n) is 7.46. The molecule has 0 bridgehead atoms. The molecule has 0 unspecified atom stereocenters. The monoisotopic (exact) mass is 594 g/mol. The van der Waals surface area contributed by atoms with E-state index >= 15 is 4.39 Å². The maximum absolute atomic E-state index is 15.2. The average Bonchev–Trinajstić information content (AvgIpc) is 3.39. The lowest BCUT2D eigenvalue weighted by Crippen LogP contribution is -2.22. The van der Waals surface area contributed by atoms with Crippen molar-refractivity contribution in [3.8, 4) is 22.6 Å². The standard InChI is InChI=1S/C33H31FN6O4/c1-37(2)12-13-44-24-8-9-31(35-18-24)36-27-14-22(19-38(3)32(27)42)25-16-23(34)17-29(26(25)20-41)40-11-10-39-28-7-5-4-6-21(28)15-30(39)33(40)43/h4-11,14-19,41H,12-13,20H2,1-3H3,(H,35,36). The van der Waals surface area contributed by atoms with E-state index in [0.29, 0.717) is 40.4 Å². The van der Waals surface area contributed by atoms with E-state index in [1.165, 1.54) is 21.3 Å². The van der Waals surface area contributed by atoms with E-state index in [0.717, 1.165) is 17.4 Å². The fraction of sp³-hybridized carbons (Fsp3) is 0.182. The zero-order valence-corrected chi connectivity index (χ0v) is 24.5. The van der Waals surface area contributed by atoms with Crippen LogP contribution < -0.4 is 21.2 Å². The van der Waals surface area contributed by atoms with Crippen LogP contribution in [0.3, 0.4) is 0 Å². The molecule has 0 aliphatic carbocycles. The van der Waals surface area contributed by atoms with Gasteiger partial charge in [0.1, 0.15) is 35.2 Å². The molecule has 10 nitrogen and oxygen atoms in total. The third-order valence-corrected chi connectivity index (χ3v) is 7.46. The van der Waals surface area contributed by atoms with Crippen molar-refractivity contribution in [2.45, 2.75) is 6.61 Å². The van der Waals surface area contributed by atoms with Crippen molar-refractivity contribution in [2.24, 2.45) is 7.05 Å². The third kappa shape index (κ3) is 5.46. The molecule has 6 aromatic rings. The van der Waals surface area contributed by atoms with Crippen molar-refractivity contribution in [2.75, 3.05) is 32.6 Å². The number of pyridine rings is 2. The molecule has 4 heterocycles. The van der Waals surface area contributed by atoms with Crippen LogP contribution in [0.5, 0.6) is 5.75 Å². The van der Waals surface area contributed by atoms with Gasteiger partial charge in [-0.1, -0.05) is 18.2 Å². The Morgan fingerprint density at radius 3 is 2.57 bits per heavy atom. The fourth-order valence-electron chi connectivity index (χ4n) is 5.25. The molecule has 0 atom stereocenters. The first-order valence-electron chi connectivity index (χ1n) is 14.0. The molecule has 0 saturated heterocycles. The number of likely N-dealkylation sites (N-methyl/N-ethyl adjacent to an activating group) is 1. The van der Waals surface area contributed by atoms with Gasteiger partial charge in [-0.2, -0.15) is 0 Å². The highest BCUT2D eigenvalue weighted by molar-refractivity contribution is 5.87. The number of aromatic nitrogens is 4. The molecular formula is C33H31FN6O4. The van der Waals surface area contributed by atoms with Crippen LogP contribution in [-0.4, -0.2) is 55.8 Å². The van der Waals surface area contributed by atoms with Gasteiger partial charge in [0.05, 0.1) is 24.0 Å². The molecular weight excluding hydrogens is 563 g/mol. The number of halogens is 1. The molecule has 44 heavy (non-hydrogen) atoms. The topological polar surface area (TPSA) is 106 Å². The van der Waals surface area contributed by atoms with Crippen LogP contribution in [0.15, 0.2) is 95.0 Å². The molecule has 0 spiro atoms. The maximum atomic E-state index is 15.2. The van der Waals surface area contributed by atoms with Crippen molar-refractivity contribution < 1.29 is 14.2 Å². The molecule has 4 aromatic heterocycles. The fourth-order valence-corrected chi connectivity index (χ4v) is 5.25. The van der Waals surface area contributed by atoms with Gasteiger partial charge < -0.3 is 29.0 Å². The summed E-state index contributed by atoms with van der Waals surface area (Å²) in [5, 5.41) is 14.5.